The van der Waals surface area contributed by atoms with Crippen LogP contribution in [0.1, 0.15) is 0 Å². The summed E-state index contributed by atoms with van der Waals surface area (Å²) in [4.78, 5) is 4.24. The van der Waals surface area contributed by atoms with Crippen molar-refractivity contribution in [3.63, 3.8) is 0 Å². The minimum Gasteiger partial charge on any atom is -0.349 e. The van der Waals surface area contributed by atoms with Gasteiger partial charge in [0.1, 0.15) is 0 Å². The summed E-state index contributed by atoms with van der Waals surface area (Å²) >= 11 is 11.8. The van der Waals surface area contributed by atoms with Crippen LogP contribution in [0.15, 0.2) is 37.1 Å². The average molecular weight is 296 g/mol. The zero-order valence-corrected chi connectivity index (χ0v) is 11.4. The van der Waals surface area contributed by atoms with Gasteiger partial charge < -0.3 is 10.6 Å². The normalized spacial score (nSPS) is 10.0. The average Bonchev–Trinajstić information content (AvgIpc) is 2.35. The Labute approximate surface area is 120 Å². The fraction of sp³-hybridized carbons (Fsp3) is 0.0833. The molecule has 2 rings (SSSR count). The van der Waals surface area contributed by atoms with Crippen LogP contribution in [0.3, 0.4) is 0 Å². The van der Waals surface area contributed by atoms with Gasteiger partial charge in [0.15, 0.2) is 5.82 Å². The van der Waals surface area contributed by atoms with Crippen molar-refractivity contribution in [2.75, 3.05) is 17.2 Å². The molecule has 98 valence electrons. The van der Waals surface area contributed by atoms with Gasteiger partial charge in [0, 0.05) is 22.3 Å². The number of anilines is 3. The van der Waals surface area contributed by atoms with Crippen molar-refractivity contribution in [1.29, 1.82) is 0 Å². The highest BCUT2D eigenvalue weighted by Gasteiger charge is 2.02. The largest absolute Gasteiger partial charge is 0.349 e. The van der Waals surface area contributed by atoms with Gasteiger partial charge in [-0.25, -0.2) is 0 Å². The lowest BCUT2D eigenvalue weighted by Crippen LogP contribution is -2.05. The van der Waals surface area contributed by atoms with Crippen molar-refractivity contribution in [3.8, 4) is 0 Å². The van der Waals surface area contributed by atoms with Gasteiger partial charge in [-0.05, 0) is 18.2 Å². The molecule has 0 aliphatic heterocycles. The van der Waals surface area contributed by atoms with E-state index in [2.05, 4.69) is 32.4 Å². The Morgan fingerprint density at radius 3 is 2.63 bits per heavy atom. The van der Waals surface area contributed by atoms with Gasteiger partial charge in [0.05, 0.1) is 6.20 Å². The third kappa shape index (κ3) is 4.08. The molecule has 1 aromatic carbocycles. The van der Waals surface area contributed by atoms with Crippen LogP contribution in [0.5, 0.6) is 0 Å². The molecule has 0 unspecified atom stereocenters. The van der Waals surface area contributed by atoms with Gasteiger partial charge in [-0.1, -0.05) is 29.3 Å². The highest BCUT2D eigenvalue weighted by molar-refractivity contribution is 6.35. The van der Waals surface area contributed by atoms with Crippen LogP contribution in [0.25, 0.3) is 0 Å². The Bertz CT molecular complexity index is 568. The molecule has 0 bridgehead atoms. The molecule has 0 amide bonds. The lowest BCUT2D eigenvalue weighted by molar-refractivity contribution is 0.968. The van der Waals surface area contributed by atoms with Gasteiger partial charge in [-0.15, -0.1) is 11.7 Å². The van der Waals surface area contributed by atoms with Gasteiger partial charge >= 0.3 is 0 Å². The van der Waals surface area contributed by atoms with Gasteiger partial charge in [-0.3, -0.25) is 0 Å². The molecular formula is C12H11Cl2N5. The molecule has 0 atom stereocenters. The van der Waals surface area contributed by atoms with E-state index in [1.165, 1.54) is 6.20 Å². The number of halogens is 2. The Balaban J connectivity index is 2.15. The van der Waals surface area contributed by atoms with E-state index in [4.69, 9.17) is 23.2 Å². The molecule has 7 heteroatoms. The van der Waals surface area contributed by atoms with Crippen LogP contribution < -0.4 is 10.6 Å². The second kappa shape index (κ2) is 6.36. The molecule has 0 saturated heterocycles. The van der Waals surface area contributed by atoms with Crippen molar-refractivity contribution < 1.29 is 0 Å². The summed E-state index contributed by atoms with van der Waals surface area (Å²) in [6, 6.07) is 5.14. The van der Waals surface area contributed by atoms with E-state index in [0.29, 0.717) is 28.4 Å². The summed E-state index contributed by atoms with van der Waals surface area (Å²) in [6.07, 6.45) is 3.22. The maximum Gasteiger partial charge on any atom is 0.244 e. The molecule has 19 heavy (non-hydrogen) atoms. The topological polar surface area (TPSA) is 62.7 Å². The number of benzene rings is 1. The number of aromatic nitrogens is 3. The lowest BCUT2D eigenvalue weighted by Gasteiger charge is -2.07. The zero-order valence-electron chi connectivity index (χ0n) is 9.90. The van der Waals surface area contributed by atoms with Crippen LogP contribution in [-0.2, 0) is 0 Å². The molecular weight excluding hydrogens is 285 g/mol. The van der Waals surface area contributed by atoms with E-state index in [1.807, 2.05) is 0 Å². The minimum atomic E-state index is 0.415. The molecule has 1 aromatic heterocycles. The number of nitrogens with zero attached hydrogens (tertiary/aromatic N) is 3. The van der Waals surface area contributed by atoms with E-state index >= 15 is 0 Å². The Kier molecular flexibility index (Phi) is 4.54. The summed E-state index contributed by atoms with van der Waals surface area (Å²) in [5, 5.41) is 14.8. The SMILES string of the molecule is C=CCNc1nncc(Nc2cc(Cl)cc(Cl)c2)n1. The summed E-state index contributed by atoms with van der Waals surface area (Å²) < 4.78 is 0. The van der Waals surface area contributed by atoms with E-state index in [9.17, 15) is 0 Å². The van der Waals surface area contributed by atoms with Crippen molar-refractivity contribution in [3.05, 3.63) is 47.1 Å². The molecule has 2 aromatic rings. The monoisotopic (exact) mass is 295 g/mol. The van der Waals surface area contributed by atoms with Crippen molar-refractivity contribution in [2.24, 2.45) is 0 Å². The van der Waals surface area contributed by atoms with Crippen LogP contribution >= 0.6 is 23.2 Å². The smallest absolute Gasteiger partial charge is 0.244 e. The predicted molar refractivity (Wildman–Crippen MR) is 78.3 cm³/mol. The van der Waals surface area contributed by atoms with E-state index in [-0.39, 0.29) is 0 Å². The second-order valence-corrected chi connectivity index (χ2v) is 4.49. The molecule has 0 aliphatic carbocycles. The standard InChI is InChI=1S/C12H11Cl2N5/c1-2-3-15-12-18-11(7-16-19-12)17-10-5-8(13)4-9(14)6-10/h2,4-7H,1,3H2,(H2,15,17,18,19). The fourth-order valence-corrected chi connectivity index (χ4v) is 1.90. The predicted octanol–water partition coefficient (Wildman–Crippen LogP) is 3.52. The second-order valence-electron chi connectivity index (χ2n) is 3.62. The molecule has 0 fully saturated rings. The van der Waals surface area contributed by atoms with E-state index in [0.717, 1.165) is 5.69 Å². The highest BCUT2D eigenvalue weighted by atomic mass is 35.5. The summed E-state index contributed by atoms with van der Waals surface area (Å²) in [5.41, 5.74) is 0.729. The molecule has 1 heterocycles. The third-order valence-electron chi connectivity index (χ3n) is 2.10. The number of hydrogen-bond acceptors (Lipinski definition) is 5. The number of hydrogen-bond donors (Lipinski definition) is 2. The van der Waals surface area contributed by atoms with Crippen LogP contribution in [0.4, 0.5) is 17.5 Å². The van der Waals surface area contributed by atoms with Crippen molar-refractivity contribution >= 4 is 40.7 Å². The summed E-state index contributed by atoms with van der Waals surface area (Å²) in [5.74, 6) is 0.956. The molecule has 0 radical (unpaired) electrons. The Morgan fingerprint density at radius 2 is 1.95 bits per heavy atom. The summed E-state index contributed by atoms with van der Waals surface area (Å²) in [6.45, 7) is 4.17. The van der Waals surface area contributed by atoms with Gasteiger partial charge in [0.2, 0.25) is 5.95 Å². The maximum atomic E-state index is 5.92. The van der Waals surface area contributed by atoms with Crippen LogP contribution in [0.2, 0.25) is 10.0 Å². The van der Waals surface area contributed by atoms with Gasteiger partial charge in [-0.2, -0.15) is 10.1 Å². The first-order valence-corrected chi connectivity index (χ1v) is 6.20. The quantitative estimate of drug-likeness (QED) is 0.827. The Morgan fingerprint density at radius 1 is 1.21 bits per heavy atom. The van der Waals surface area contributed by atoms with Gasteiger partial charge in [0.25, 0.3) is 0 Å². The Hall–Kier alpha value is -1.85. The lowest BCUT2D eigenvalue weighted by atomic mass is 10.3. The molecule has 0 spiro atoms. The van der Waals surface area contributed by atoms with Crippen LogP contribution in [-0.4, -0.2) is 21.7 Å². The molecule has 0 aliphatic rings. The van der Waals surface area contributed by atoms with E-state index < -0.39 is 0 Å². The number of nitrogens with one attached hydrogen (secondary N) is 2. The van der Waals surface area contributed by atoms with Crippen molar-refractivity contribution in [1.82, 2.24) is 15.2 Å². The fourth-order valence-electron chi connectivity index (χ4n) is 1.38. The first kappa shape index (κ1) is 13.6. The zero-order chi connectivity index (χ0) is 13.7. The number of rotatable bonds is 5. The summed E-state index contributed by atoms with van der Waals surface area (Å²) in [7, 11) is 0. The first-order chi connectivity index (χ1) is 9.17. The molecule has 0 saturated carbocycles. The molecule has 2 N–H and O–H groups in total. The third-order valence-corrected chi connectivity index (χ3v) is 2.53. The molecule has 5 nitrogen and oxygen atoms in total. The van der Waals surface area contributed by atoms with Crippen LogP contribution in [0, 0.1) is 0 Å². The first-order valence-electron chi connectivity index (χ1n) is 5.45. The van der Waals surface area contributed by atoms with E-state index in [1.54, 1.807) is 24.3 Å². The minimum absolute atomic E-state index is 0.415. The highest BCUT2D eigenvalue weighted by Crippen LogP contribution is 2.24. The maximum absolute atomic E-state index is 5.92. The van der Waals surface area contributed by atoms with Crippen molar-refractivity contribution in [2.45, 2.75) is 0 Å².